The summed E-state index contributed by atoms with van der Waals surface area (Å²) in [6, 6.07) is 10.2. The van der Waals surface area contributed by atoms with Gasteiger partial charge in [0, 0.05) is 27.1 Å². The molecule has 2 aromatic carbocycles. The molecule has 0 spiro atoms. The zero-order chi connectivity index (χ0) is 23.0. The van der Waals surface area contributed by atoms with Crippen LogP contribution in [0.1, 0.15) is 24.5 Å². The number of carbonyl (C=O) groups is 1. The van der Waals surface area contributed by atoms with Gasteiger partial charge in [0.05, 0.1) is 25.7 Å². The van der Waals surface area contributed by atoms with Gasteiger partial charge >= 0.3 is 0 Å². The van der Waals surface area contributed by atoms with Gasteiger partial charge in [-0.2, -0.15) is 0 Å². The van der Waals surface area contributed by atoms with Gasteiger partial charge in [-0.15, -0.1) is 0 Å². The van der Waals surface area contributed by atoms with Crippen LogP contribution >= 0.6 is 0 Å². The molecule has 1 N–H and O–H groups in total. The maximum Gasteiger partial charge on any atom is 0.242 e. The van der Waals surface area contributed by atoms with Crippen LogP contribution in [0, 0.1) is 0 Å². The van der Waals surface area contributed by atoms with Gasteiger partial charge in [-0.05, 0) is 54.8 Å². The van der Waals surface area contributed by atoms with Gasteiger partial charge < -0.3 is 19.5 Å². The van der Waals surface area contributed by atoms with E-state index in [1.165, 1.54) is 27.3 Å². The predicted molar refractivity (Wildman–Crippen MR) is 118 cm³/mol. The zero-order valence-corrected chi connectivity index (χ0v) is 19.4. The van der Waals surface area contributed by atoms with E-state index in [2.05, 4.69) is 5.32 Å². The van der Waals surface area contributed by atoms with Gasteiger partial charge in [-0.3, -0.25) is 4.79 Å². The van der Waals surface area contributed by atoms with Crippen molar-refractivity contribution in [3.8, 4) is 17.2 Å². The monoisotopic (exact) mass is 450 g/mol. The molecule has 0 radical (unpaired) electrons. The largest absolute Gasteiger partial charge is 0.496 e. The molecule has 0 unspecified atom stereocenters. The highest BCUT2D eigenvalue weighted by molar-refractivity contribution is 7.89. The highest BCUT2D eigenvalue weighted by atomic mass is 32.2. The lowest BCUT2D eigenvalue weighted by Crippen LogP contribution is -2.23. The van der Waals surface area contributed by atoms with Crippen LogP contribution < -0.4 is 19.5 Å². The van der Waals surface area contributed by atoms with E-state index < -0.39 is 10.0 Å². The summed E-state index contributed by atoms with van der Waals surface area (Å²) in [6.07, 6.45) is 0.537. The molecule has 0 saturated heterocycles. The molecular formula is C22H30N2O6S. The molecule has 0 aromatic heterocycles. The van der Waals surface area contributed by atoms with Crippen molar-refractivity contribution in [1.29, 1.82) is 0 Å². The van der Waals surface area contributed by atoms with Crippen molar-refractivity contribution in [2.24, 2.45) is 0 Å². The lowest BCUT2D eigenvalue weighted by Gasteiger charge is -2.15. The number of hydrogen-bond acceptors (Lipinski definition) is 6. The van der Waals surface area contributed by atoms with Crippen molar-refractivity contribution in [2.75, 3.05) is 34.9 Å². The molecule has 1 amide bonds. The van der Waals surface area contributed by atoms with E-state index in [0.29, 0.717) is 42.4 Å². The lowest BCUT2D eigenvalue weighted by molar-refractivity contribution is -0.121. The second-order valence-corrected chi connectivity index (χ2v) is 9.11. The van der Waals surface area contributed by atoms with Crippen LogP contribution in [0.15, 0.2) is 41.3 Å². The minimum atomic E-state index is -3.57. The fourth-order valence-corrected chi connectivity index (χ4v) is 3.91. The molecule has 31 heavy (non-hydrogen) atoms. The number of aryl methyl sites for hydroxylation is 1. The Morgan fingerprint density at radius 3 is 2.29 bits per heavy atom. The van der Waals surface area contributed by atoms with Crippen molar-refractivity contribution < 1.29 is 27.4 Å². The van der Waals surface area contributed by atoms with Crippen LogP contribution in [0.25, 0.3) is 0 Å². The molecule has 0 heterocycles. The van der Waals surface area contributed by atoms with E-state index in [-0.39, 0.29) is 17.2 Å². The summed E-state index contributed by atoms with van der Waals surface area (Å²) in [4.78, 5) is 12.5. The van der Waals surface area contributed by atoms with Crippen molar-refractivity contribution in [3.63, 3.8) is 0 Å². The Kier molecular flexibility index (Phi) is 8.70. The first kappa shape index (κ1) is 24.5. The van der Waals surface area contributed by atoms with E-state index in [1.54, 1.807) is 25.3 Å². The summed E-state index contributed by atoms with van der Waals surface area (Å²) in [6.45, 7) is 2.74. The third-order valence-electron chi connectivity index (χ3n) is 4.67. The molecule has 0 aliphatic rings. The van der Waals surface area contributed by atoms with Crippen molar-refractivity contribution >= 4 is 15.9 Å². The van der Waals surface area contributed by atoms with Crippen LogP contribution in [0.2, 0.25) is 0 Å². The highest BCUT2D eigenvalue weighted by Gasteiger charge is 2.19. The van der Waals surface area contributed by atoms with E-state index in [1.807, 2.05) is 19.1 Å². The molecule has 0 bridgehead atoms. The van der Waals surface area contributed by atoms with Crippen LogP contribution in [-0.4, -0.2) is 53.6 Å². The molecule has 0 fully saturated rings. The number of carbonyl (C=O) groups excluding carboxylic acids is 1. The van der Waals surface area contributed by atoms with Gasteiger partial charge in [0.15, 0.2) is 11.5 Å². The van der Waals surface area contributed by atoms with Crippen molar-refractivity contribution in [1.82, 2.24) is 9.62 Å². The Hall–Kier alpha value is -2.78. The maximum absolute atomic E-state index is 12.4. The van der Waals surface area contributed by atoms with Crippen LogP contribution in [0.5, 0.6) is 17.2 Å². The Morgan fingerprint density at radius 2 is 1.68 bits per heavy atom. The average molecular weight is 451 g/mol. The first-order chi connectivity index (χ1) is 14.7. The molecule has 0 atom stereocenters. The molecule has 9 heteroatoms. The summed E-state index contributed by atoms with van der Waals surface area (Å²) in [5.41, 5.74) is 1.54. The molecule has 0 aliphatic heterocycles. The summed E-state index contributed by atoms with van der Waals surface area (Å²) < 4.78 is 42.1. The summed E-state index contributed by atoms with van der Waals surface area (Å²) in [5, 5.41) is 2.87. The minimum Gasteiger partial charge on any atom is -0.496 e. The molecular weight excluding hydrogens is 420 g/mol. The van der Waals surface area contributed by atoms with Crippen LogP contribution in [-0.2, 0) is 27.8 Å². The van der Waals surface area contributed by atoms with Crippen molar-refractivity contribution in [2.45, 2.75) is 31.2 Å². The summed E-state index contributed by atoms with van der Waals surface area (Å²) in [5.74, 6) is 1.65. The van der Waals surface area contributed by atoms with E-state index >= 15 is 0 Å². The van der Waals surface area contributed by atoms with Gasteiger partial charge in [0.2, 0.25) is 15.9 Å². The third kappa shape index (κ3) is 6.35. The highest BCUT2D eigenvalue weighted by Crippen LogP contribution is 2.28. The Balaban J connectivity index is 2.03. The third-order valence-corrected chi connectivity index (χ3v) is 6.48. The first-order valence-electron chi connectivity index (χ1n) is 9.88. The molecule has 2 aromatic rings. The molecule has 0 saturated carbocycles. The SMILES string of the molecule is CCOc1cc(CNC(=O)CCc2cc(S(=O)(=O)N(C)C)ccc2OC)ccc1OC. The van der Waals surface area contributed by atoms with Crippen LogP contribution in [0.4, 0.5) is 0 Å². The molecule has 0 aliphatic carbocycles. The van der Waals surface area contributed by atoms with Crippen molar-refractivity contribution in [3.05, 3.63) is 47.5 Å². The fourth-order valence-electron chi connectivity index (χ4n) is 2.96. The number of sulfonamides is 1. The minimum absolute atomic E-state index is 0.156. The van der Waals surface area contributed by atoms with Gasteiger partial charge in [-0.25, -0.2) is 12.7 Å². The van der Waals surface area contributed by atoms with Crippen LogP contribution in [0.3, 0.4) is 0 Å². The van der Waals surface area contributed by atoms with E-state index in [0.717, 1.165) is 9.87 Å². The number of rotatable bonds is 11. The Morgan fingerprint density at radius 1 is 1.00 bits per heavy atom. The predicted octanol–water partition coefficient (Wildman–Crippen LogP) is 2.60. The number of methoxy groups -OCH3 is 2. The number of amides is 1. The normalized spacial score (nSPS) is 11.3. The smallest absolute Gasteiger partial charge is 0.242 e. The first-order valence-corrected chi connectivity index (χ1v) is 11.3. The second-order valence-electron chi connectivity index (χ2n) is 6.96. The van der Waals surface area contributed by atoms with Gasteiger partial charge in [-0.1, -0.05) is 6.07 Å². The average Bonchev–Trinajstić information content (AvgIpc) is 2.76. The van der Waals surface area contributed by atoms with E-state index in [9.17, 15) is 13.2 Å². The summed E-state index contributed by atoms with van der Waals surface area (Å²) >= 11 is 0. The number of ether oxygens (including phenoxy) is 3. The molecule has 8 nitrogen and oxygen atoms in total. The summed E-state index contributed by atoms with van der Waals surface area (Å²) in [7, 11) is 2.47. The number of hydrogen-bond donors (Lipinski definition) is 1. The number of nitrogens with one attached hydrogen (secondary N) is 1. The van der Waals surface area contributed by atoms with Gasteiger partial charge in [0.1, 0.15) is 5.75 Å². The van der Waals surface area contributed by atoms with Gasteiger partial charge in [0.25, 0.3) is 0 Å². The molecule has 170 valence electrons. The number of benzene rings is 2. The molecule has 2 rings (SSSR count). The quantitative estimate of drug-likeness (QED) is 0.566. The maximum atomic E-state index is 12.4. The fraction of sp³-hybridized carbons (Fsp3) is 0.409. The lowest BCUT2D eigenvalue weighted by atomic mass is 10.1. The standard InChI is InChI=1S/C22H30N2O6S/c1-6-30-21-13-16(7-10-20(21)29-5)15-23-22(25)12-8-17-14-18(9-11-19(17)28-4)31(26,27)24(2)3/h7,9-11,13-14H,6,8,12,15H2,1-5H3,(H,23,25). The zero-order valence-electron chi connectivity index (χ0n) is 18.6. The topological polar surface area (TPSA) is 94.2 Å². The second kappa shape index (κ2) is 11.0. The number of nitrogens with zero attached hydrogens (tertiary/aromatic N) is 1. The van der Waals surface area contributed by atoms with E-state index in [4.69, 9.17) is 14.2 Å². The Bertz CT molecular complexity index is 1010. The Labute approximate surface area is 184 Å².